The van der Waals surface area contributed by atoms with Crippen molar-refractivity contribution in [1.82, 2.24) is 0 Å². The highest BCUT2D eigenvalue weighted by Crippen LogP contribution is 2.39. The third-order valence-electron chi connectivity index (χ3n) is 1.61. The molecule has 0 radical (unpaired) electrons. The van der Waals surface area contributed by atoms with E-state index in [1.807, 2.05) is 18.2 Å². The molecule has 0 saturated carbocycles. The second kappa shape index (κ2) is 3.01. The largest absolute Gasteiger partial charge is 0.399 e. The zero-order chi connectivity index (χ0) is 8.72. The van der Waals surface area contributed by atoms with Crippen LogP contribution in [0.1, 0.15) is 0 Å². The fourth-order valence-corrected chi connectivity index (χ4v) is 3.38. The van der Waals surface area contributed by atoms with Crippen LogP contribution in [-0.4, -0.2) is 0 Å². The molecule has 0 atom stereocenters. The van der Waals surface area contributed by atoms with Gasteiger partial charge in [0.25, 0.3) is 0 Å². The predicted molar refractivity (Wildman–Crippen MR) is 61.6 cm³/mol. The number of nitrogen functional groups attached to an aromatic ring is 1. The number of benzene rings is 1. The molecule has 2 rings (SSSR count). The van der Waals surface area contributed by atoms with E-state index in [0.29, 0.717) is 0 Å². The molecule has 0 unspecified atom stereocenters. The van der Waals surface area contributed by atoms with Gasteiger partial charge in [0.15, 0.2) is 0 Å². The van der Waals surface area contributed by atoms with Gasteiger partial charge in [0.05, 0.1) is 8.26 Å². The highest BCUT2D eigenvalue weighted by molar-refractivity contribution is 9.13. The third-order valence-corrected chi connectivity index (χ3v) is 5.06. The zero-order valence-corrected chi connectivity index (χ0v) is 9.96. The van der Waals surface area contributed by atoms with Gasteiger partial charge in [-0.05, 0) is 44.0 Å². The van der Waals surface area contributed by atoms with E-state index in [4.69, 9.17) is 5.73 Å². The Labute approximate surface area is 90.8 Å². The van der Waals surface area contributed by atoms with Crippen LogP contribution in [0, 0.1) is 0 Å². The number of nitrogens with two attached hydrogens (primary N) is 1. The summed E-state index contributed by atoms with van der Waals surface area (Å²) >= 11 is 8.64. The number of hydrogen-bond acceptors (Lipinski definition) is 2. The standard InChI is InChI=1S/C8H5Br2NS/c9-7-5-2-1-4(11)3-6(5)12-8(7)10/h1-3H,11H2. The van der Waals surface area contributed by atoms with Crippen molar-refractivity contribution in [3.8, 4) is 0 Å². The first-order chi connectivity index (χ1) is 5.68. The maximum absolute atomic E-state index is 5.66. The van der Waals surface area contributed by atoms with Crippen LogP contribution in [0.5, 0.6) is 0 Å². The molecule has 1 aromatic heterocycles. The molecule has 12 heavy (non-hydrogen) atoms. The summed E-state index contributed by atoms with van der Waals surface area (Å²) in [6.45, 7) is 0. The van der Waals surface area contributed by atoms with Gasteiger partial charge in [-0.1, -0.05) is 6.07 Å². The zero-order valence-electron chi connectivity index (χ0n) is 5.97. The molecule has 4 heteroatoms. The van der Waals surface area contributed by atoms with Crippen LogP contribution < -0.4 is 5.73 Å². The van der Waals surface area contributed by atoms with Crippen molar-refractivity contribution in [1.29, 1.82) is 0 Å². The van der Waals surface area contributed by atoms with Crippen LogP contribution >= 0.6 is 43.2 Å². The Kier molecular flexibility index (Phi) is 2.14. The van der Waals surface area contributed by atoms with E-state index in [9.17, 15) is 0 Å². The quantitative estimate of drug-likeness (QED) is 0.731. The van der Waals surface area contributed by atoms with Crippen LogP contribution in [-0.2, 0) is 0 Å². The minimum atomic E-state index is 0.809. The Balaban J connectivity index is 2.87. The van der Waals surface area contributed by atoms with Gasteiger partial charge in [0, 0.05) is 15.8 Å². The van der Waals surface area contributed by atoms with Crippen molar-refractivity contribution >= 4 is 59.0 Å². The highest BCUT2D eigenvalue weighted by Gasteiger charge is 2.06. The van der Waals surface area contributed by atoms with Crippen molar-refractivity contribution in [3.63, 3.8) is 0 Å². The van der Waals surface area contributed by atoms with E-state index in [2.05, 4.69) is 31.9 Å². The molecule has 62 valence electrons. The van der Waals surface area contributed by atoms with E-state index >= 15 is 0 Å². The second-order valence-corrected chi connectivity index (χ2v) is 5.61. The Bertz CT molecular complexity index is 436. The molecule has 2 N–H and O–H groups in total. The Morgan fingerprint density at radius 2 is 2.00 bits per heavy atom. The molecule has 0 spiro atoms. The smallest absolute Gasteiger partial charge is 0.0853 e. The molecule has 0 saturated heterocycles. The van der Waals surface area contributed by atoms with Gasteiger partial charge >= 0.3 is 0 Å². The van der Waals surface area contributed by atoms with Gasteiger partial charge in [-0.25, -0.2) is 0 Å². The molecule has 1 nitrogen and oxygen atoms in total. The Morgan fingerprint density at radius 3 is 2.75 bits per heavy atom. The lowest BCUT2D eigenvalue weighted by atomic mass is 10.2. The van der Waals surface area contributed by atoms with E-state index in [-0.39, 0.29) is 0 Å². The third kappa shape index (κ3) is 1.28. The first-order valence-corrected chi connectivity index (χ1v) is 5.72. The molecule has 0 aliphatic rings. The summed E-state index contributed by atoms with van der Waals surface area (Å²) in [4.78, 5) is 0. The lowest BCUT2D eigenvalue weighted by Crippen LogP contribution is -1.80. The van der Waals surface area contributed by atoms with Crippen molar-refractivity contribution in [2.45, 2.75) is 0 Å². The lowest BCUT2D eigenvalue weighted by Gasteiger charge is -1.91. The Morgan fingerprint density at radius 1 is 1.25 bits per heavy atom. The van der Waals surface area contributed by atoms with Gasteiger partial charge in [0.2, 0.25) is 0 Å². The monoisotopic (exact) mass is 305 g/mol. The van der Waals surface area contributed by atoms with Crippen LogP contribution in [0.3, 0.4) is 0 Å². The highest BCUT2D eigenvalue weighted by atomic mass is 79.9. The van der Waals surface area contributed by atoms with Gasteiger partial charge in [-0.3, -0.25) is 0 Å². The molecule has 1 heterocycles. The lowest BCUT2D eigenvalue weighted by molar-refractivity contribution is 1.77. The summed E-state index contributed by atoms with van der Waals surface area (Å²) in [5.41, 5.74) is 6.47. The van der Waals surface area contributed by atoms with E-state index < -0.39 is 0 Å². The molecule has 0 aliphatic heterocycles. The molecular formula is C8H5Br2NS. The number of fused-ring (bicyclic) bond motifs is 1. The first-order valence-electron chi connectivity index (χ1n) is 3.31. The molecule has 0 bridgehead atoms. The first kappa shape index (κ1) is 8.53. The fourth-order valence-electron chi connectivity index (χ4n) is 1.05. The van der Waals surface area contributed by atoms with Crippen LogP contribution in [0.25, 0.3) is 10.1 Å². The fraction of sp³-hybridized carbons (Fsp3) is 0. The number of hydrogen-bond donors (Lipinski definition) is 1. The molecular weight excluding hydrogens is 302 g/mol. The summed E-state index contributed by atoms with van der Waals surface area (Å²) in [7, 11) is 0. The second-order valence-electron chi connectivity index (χ2n) is 2.45. The summed E-state index contributed by atoms with van der Waals surface area (Å²) in [6.07, 6.45) is 0. The molecule has 0 fully saturated rings. The molecule has 2 aromatic rings. The average molecular weight is 307 g/mol. The number of thiophene rings is 1. The predicted octanol–water partition coefficient (Wildman–Crippen LogP) is 4.01. The van der Waals surface area contributed by atoms with Gasteiger partial charge in [-0.15, -0.1) is 11.3 Å². The molecule has 0 aliphatic carbocycles. The van der Waals surface area contributed by atoms with Gasteiger partial charge in [0.1, 0.15) is 0 Å². The summed E-state index contributed by atoms with van der Waals surface area (Å²) in [5, 5.41) is 1.21. The summed E-state index contributed by atoms with van der Waals surface area (Å²) < 4.78 is 3.43. The van der Waals surface area contributed by atoms with E-state index in [1.165, 1.54) is 10.1 Å². The normalized spacial score (nSPS) is 10.8. The molecule has 1 aromatic carbocycles. The maximum Gasteiger partial charge on any atom is 0.0853 e. The van der Waals surface area contributed by atoms with Crippen molar-refractivity contribution in [2.75, 3.05) is 5.73 Å². The van der Waals surface area contributed by atoms with Crippen LogP contribution in [0.4, 0.5) is 5.69 Å². The van der Waals surface area contributed by atoms with Gasteiger partial charge < -0.3 is 5.73 Å². The summed E-state index contributed by atoms with van der Waals surface area (Å²) in [6, 6.07) is 5.91. The number of halogens is 2. The van der Waals surface area contributed by atoms with Crippen molar-refractivity contribution in [3.05, 3.63) is 26.5 Å². The number of anilines is 1. The van der Waals surface area contributed by atoms with Crippen molar-refractivity contribution < 1.29 is 0 Å². The minimum Gasteiger partial charge on any atom is -0.399 e. The Hall–Kier alpha value is -0.0600. The average Bonchev–Trinajstić information content (AvgIpc) is 2.28. The van der Waals surface area contributed by atoms with E-state index in [1.54, 1.807) is 11.3 Å². The maximum atomic E-state index is 5.66. The van der Waals surface area contributed by atoms with Crippen molar-refractivity contribution in [2.24, 2.45) is 0 Å². The van der Waals surface area contributed by atoms with Gasteiger partial charge in [-0.2, -0.15) is 0 Å². The van der Waals surface area contributed by atoms with Crippen LogP contribution in [0.15, 0.2) is 26.5 Å². The number of rotatable bonds is 0. The van der Waals surface area contributed by atoms with Crippen LogP contribution in [0.2, 0.25) is 0 Å². The summed E-state index contributed by atoms with van der Waals surface area (Å²) in [5.74, 6) is 0. The molecule has 0 amide bonds. The SMILES string of the molecule is Nc1ccc2c(Br)c(Br)sc2c1. The topological polar surface area (TPSA) is 26.0 Å². The minimum absolute atomic E-state index is 0.809. The van der Waals surface area contributed by atoms with E-state index in [0.717, 1.165) is 13.9 Å².